The largest absolute Gasteiger partial charge is 0.497 e. The molecule has 1 aliphatic rings. The van der Waals surface area contributed by atoms with Crippen LogP contribution >= 0.6 is 0 Å². The van der Waals surface area contributed by atoms with Crippen molar-refractivity contribution >= 4 is 11.8 Å². The van der Waals surface area contributed by atoms with Crippen LogP contribution in [0.3, 0.4) is 0 Å². The number of cyclic esters (lactones) is 1. The number of ether oxygens (including phenoxy) is 2. The number of carbonyl (C=O) groups excluding carboxylic acids is 1. The van der Waals surface area contributed by atoms with E-state index in [-0.39, 0.29) is 6.09 Å². The number of methoxy groups -OCH3 is 1. The minimum absolute atomic E-state index is 0.315. The number of nitrogens with zero attached hydrogens (tertiary/aromatic N) is 1. The molecule has 0 saturated carbocycles. The van der Waals surface area contributed by atoms with Gasteiger partial charge in [-0.05, 0) is 18.2 Å². The molecule has 1 amide bonds. The molecule has 1 aromatic carbocycles. The van der Waals surface area contributed by atoms with Crippen LogP contribution in [0.1, 0.15) is 5.56 Å². The van der Waals surface area contributed by atoms with Crippen molar-refractivity contribution < 1.29 is 14.3 Å². The summed E-state index contributed by atoms with van der Waals surface area (Å²) in [7, 11) is 3.30. The molecule has 0 saturated heterocycles. The van der Waals surface area contributed by atoms with E-state index in [1.807, 2.05) is 18.2 Å². The number of hydrogen-bond donors (Lipinski definition) is 0. The lowest BCUT2D eigenvalue weighted by Gasteiger charge is -2.25. The van der Waals surface area contributed by atoms with E-state index < -0.39 is 0 Å². The maximum atomic E-state index is 11.2. The first kappa shape index (κ1) is 8.87. The Kier molecular flexibility index (Phi) is 2.04. The first-order valence-electron chi connectivity index (χ1n) is 4.30. The molecular formula is C10H11NO3. The summed E-state index contributed by atoms with van der Waals surface area (Å²) in [5, 5.41) is 0. The monoisotopic (exact) mass is 193 g/mol. The highest BCUT2D eigenvalue weighted by molar-refractivity contribution is 5.89. The molecule has 2 rings (SSSR count). The minimum atomic E-state index is -0.317. The molecule has 0 N–H and O–H groups in total. The topological polar surface area (TPSA) is 38.8 Å². The van der Waals surface area contributed by atoms with Gasteiger partial charge in [0, 0.05) is 12.6 Å². The van der Waals surface area contributed by atoms with Crippen molar-refractivity contribution in [3.8, 4) is 5.75 Å². The highest BCUT2D eigenvalue weighted by Gasteiger charge is 2.22. The standard InChI is InChI=1S/C10H11NO3/c1-11-9-4-3-8(13-2)5-7(9)6-14-10(11)12/h3-5H,6H2,1-2H3. The number of fused-ring (bicyclic) bond motifs is 1. The second-order valence-corrected chi connectivity index (χ2v) is 3.11. The van der Waals surface area contributed by atoms with Crippen molar-refractivity contribution in [1.82, 2.24) is 0 Å². The molecule has 4 heteroatoms. The third-order valence-corrected chi connectivity index (χ3v) is 2.27. The van der Waals surface area contributed by atoms with Gasteiger partial charge in [0.05, 0.1) is 12.8 Å². The van der Waals surface area contributed by atoms with Crippen LogP contribution in [-0.2, 0) is 11.3 Å². The highest BCUT2D eigenvalue weighted by Crippen LogP contribution is 2.29. The lowest BCUT2D eigenvalue weighted by Crippen LogP contribution is -2.31. The van der Waals surface area contributed by atoms with Crippen molar-refractivity contribution in [2.45, 2.75) is 6.61 Å². The van der Waals surface area contributed by atoms with Crippen molar-refractivity contribution in [3.63, 3.8) is 0 Å². The van der Waals surface area contributed by atoms with E-state index in [1.165, 1.54) is 4.90 Å². The van der Waals surface area contributed by atoms with Gasteiger partial charge >= 0.3 is 6.09 Å². The fourth-order valence-electron chi connectivity index (χ4n) is 1.47. The van der Waals surface area contributed by atoms with Crippen LogP contribution in [0.4, 0.5) is 10.5 Å². The molecule has 0 bridgehead atoms. The summed E-state index contributed by atoms with van der Waals surface area (Å²) in [6, 6.07) is 5.56. The van der Waals surface area contributed by atoms with Crippen LogP contribution in [0, 0.1) is 0 Å². The molecule has 0 spiro atoms. The predicted octanol–water partition coefficient (Wildman–Crippen LogP) is 1.78. The van der Waals surface area contributed by atoms with Crippen molar-refractivity contribution in [2.75, 3.05) is 19.1 Å². The number of anilines is 1. The number of rotatable bonds is 1. The predicted molar refractivity (Wildman–Crippen MR) is 51.6 cm³/mol. The zero-order valence-electron chi connectivity index (χ0n) is 8.11. The van der Waals surface area contributed by atoms with Crippen molar-refractivity contribution in [3.05, 3.63) is 23.8 Å². The number of hydrogen-bond acceptors (Lipinski definition) is 3. The lowest BCUT2D eigenvalue weighted by molar-refractivity contribution is 0.143. The summed E-state index contributed by atoms with van der Waals surface area (Å²) < 4.78 is 10.0. The Bertz CT molecular complexity index is 376. The van der Waals surface area contributed by atoms with Crippen LogP contribution < -0.4 is 9.64 Å². The number of amides is 1. The normalized spacial score (nSPS) is 14.7. The fraction of sp³-hybridized carbons (Fsp3) is 0.300. The van der Waals surface area contributed by atoms with E-state index in [9.17, 15) is 4.79 Å². The molecule has 0 radical (unpaired) electrons. The van der Waals surface area contributed by atoms with Crippen LogP contribution in [0.5, 0.6) is 5.75 Å². The Morgan fingerprint density at radius 2 is 2.29 bits per heavy atom. The fourth-order valence-corrected chi connectivity index (χ4v) is 1.47. The third-order valence-electron chi connectivity index (χ3n) is 2.27. The second-order valence-electron chi connectivity index (χ2n) is 3.11. The van der Waals surface area contributed by atoms with Gasteiger partial charge in [0.25, 0.3) is 0 Å². The van der Waals surface area contributed by atoms with Crippen molar-refractivity contribution in [2.24, 2.45) is 0 Å². The molecule has 4 nitrogen and oxygen atoms in total. The van der Waals surface area contributed by atoms with E-state index in [2.05, 4.69) is 0 Å². The van der Waals surface area contributed by atoms with Gasteiger partial charge in [0.1, 0.15) is 12.4 Å². The zero-order chi connectivity index (χ0) is 10.1. The molecule has 0 unspecified atom stereocenters. The smallest absolute Gasteiger partial charge is 0.414 e. The van der Waals surface area contributed by atoms with Crippen LogP contribution in [0.25, 0.3) is 0 Å². The molecule has 0 atom stereocenters. The van der Waals surface area contributed by atoms with Crippen LogP contribution in [-0.4, -0.2) is 20.3 Å². The Morgan fingerprint density at radius 1 is 1.50 bits per heavy atom. The average molecular weight is 193 g/mol. The first-order valence-corrected chi connectivity index (χ1v) is 4.30. The molecular weight excluding hydrogens is 182 g/mol. The van der Waals surface area contributed by atoms with Gasteiger partial charge in [-0.3, -0.25) is 4.90 Å². The van der Waals surface area contributed by atoms with Gasteiger partial charge in [-0.2, -0.15) is 0 Å². The summed E-state index contributed by atoms with van der Waals surface area (Å²) in [4.78, 5) is 12.7. The summed E-state index contributed by atoms with van der Waals surface area (Å²) in [6.07, 6.45) is -0.317. The maximum Gasteiger partial charge on any atom is 0.414 e. The molecule has 0 aromatic heterocycles. The molecule has 74 valence electrons. The Morgan fingerprint density at radius 3 is 3.00 bits per heavy atom. The van der Waals surface area contributed by atoms with Gasteiger partial charge in [0.2, 0.25) is 0 Å². The van der Waals surface area contributed by atoms with E-state index in [0.29, 0.717) is 6.61 Å². The minimum Gasteiger partial charge on any atom is -0.497 e. The number of benzene rings is 1. The Balaban J connectivity index is 2.43. The van der Waals surface area contributed by atoms with Gasteiger partial charge in [-0.1, -0.05) is 0 Å². The molecule has 1 aromatic rings. The lowest BCUT2D eigenvalue weighted by atomic mass is 10.1. The summed E-state index contributed by atoms with van der Waals surface area (Å²) >= 11 is 0. The molecule has 1 aliphatic heterocycles. The Hall–Kier alpha value is -1.71. The van der Waals surface area contributed by atoms with Crippen LogP contribution in [0.15, 0.2) is 18.2 Å². The van der Waals surface area contributed by atoms with Crippen LogP contribution in [0.2, 0.25) is 0 Å². The van der Waals surface area contributed by atoms with E-state index >= 15 is 0 Å². The van der Waals surface area contributed by atoms with Crippen molar-refractivity contribution in [1.29, 1.82) is 0 Å². The molecule has 0 aliphatic carbocycles. The van der Waals surface area contributed by atoms with E-state index in [4.69, 9.17) is 9.47 Å². The molecule has 0 fully saturated rings. The molecule has 1 heterocycles. The summed E-state index contributed by atoms with van der Waals surface area (Å²) in [5.74, 6) is 0.773. The number of carbonyl (C=O) groups is 1. The summed E-state index contributed by atoms with van der Waals surface area (Å²) in [5.41, 5.74) is 1.84. The van der Waals surface area contributed by atoms with Gasteiger partial charge < -0.3 is 9.47 Å². The summed E-state index contributed by atoms with van der Waals surface area (Å²) in [6.45, 7) is 0.315. The quantitative estimate of drug-likeness (QED) is 0.682. The van der Waals surface area contributed by atoms with Gasteiger partial charge in [-0.25, -0.2) is 4.79 Å². The van der Waals surface area contributed by atoms with Gasteiger partial charge in [-0.15, -0.1) is 0 Å². The maximum absolute atomic E-state index is 11.2. The van der Waals surface area contributed by atoms with E-state index in [0.717, 1.165) is 17.0 Å². The average Bonchev–Trinajstić information content (AvgIpc) is 2.23. The van der Waals surface area contributed by atoms with Gasteiger partial charge in [0.15, 0.2) is 0 Å². The molecule has 14 heavy (non-hydrogen) atoms. The highest BCUT2D eigenvalue weighted by atomic mass is 16.6. The zero-order valence-corrected chi connectivity index (χ0v) is 8.11. The first-order chi connectivity index (χ1) is 6.72. The Labute approximate surface area is 82.0 Å². The second kappa shape index (κ2) is 3.21. The SMILES string of the molecule is COc1ccc2c(c1)COC(=O)N2C. The van der Waals surface area contributed by atoms with E-state index in [1.54, 1.807) is 14.2 Å². The third kappa shape index (κ3) is 1.28.